The van der Waals surface area contributed by atoms with Gasteiger partial charge in [0.1, 0.15) is 0 Å². The van der Waals surface area contributed by atoms with Crippen LogP contribution in [0.4, 0.5) is 0 Å². The molecule has 0 amide bonds. The van der Waals surface area contributed by atoms with Gasteiger partial charge in [-0.2, -0.15) is 0 Å². The molecule has 0 aromatic heterocycles. The average molecular weight is 298 g/mol. The van der Waals surface area contributed by atoms with E-state index < -0.39 is 8.56 Å². The quantitative estimate of drug-likeness (QED) is 0.428. The Bertz CT molecular complexity index is 261. The van der Waals surface area contributed by atoms with E-state index in [4.69, 9.17) is 0 Å². The molecule has 0 heterocycles. The van der Waals surface area contributed by atoms with Crippen LogP contribution < -0.4 is 0 Å². The molecule has 0 fully saturated rings. The van der Waals surface area contributed by atoms with E-state index in [1.807, 2.05) is 6.08 Å². The van der Waals surface area contributed by atoms with Crippen molar-refractivity contribution in [2.45, 2.75) is 41.5 Å². The molecule has 0 atom stereocenters. The maximum absolute atomic E-state index is 4.41. The van der Waals surface area contributed by atoms with Crippen LogP contribution in [0.2, 0.25) is 0 Å². The Labute approximate surface area is 128 Å². The van der Waals surface area contributed by atoms with Gasteiger partial charge in [-0.25, -0.2) is 0 Å². The van der Waals surface area contributed by atoms with E-state index in [9.17, 15) is 0 Å². The summed E-state index contributed by atoms with van der Waals surface area (Å²) < 4.78 is 7.91. The van der Waals surface area contributed by atoms with Crippen molar-refractivity contribution in [3.63, 3.8) is 0 Å². The molecular formula is C16H35N3Si. The van der Waals surface area contributed by atoms with Crippen molar-refractivity contribution >= 4 is 8.56 Å². The minimum atomic E-state index is -2.10. The molecule has 0 radical (unpaired) electrons. The van der Waals surface area contributed by atoms with E-state index in [2.05, 4.69) is 68.4 Å². The van der Waals surface area contributed by atoms with Gasteiger partial charge in [0.25, 0.3) is 0 Å². The normalized spacial score (nSPS) is 12.4. The van der Waals surface area contributed by atoms with Gasteiger partial charge in [-0.05, 0) is 44.5 Å². The predicted octanol–water partition coefficient (Wildman–Crippen LogP) is 3.23. The molecule has 0 aliphatic carbocycles. The van der Waals surface area contributed by atoms with Crippen molar-refractivity contribution in [2.24, 2.45) is 0 Å². The SMILES string of the molecule is C=CC(=C)[Si](N(CC)CC)(N(CC)CC)N(CC)CC. The Morgan fingerprint density at radius 1 is 0.750 bits per heavy atom. The van der Waals surface area contributed by atoms with Crippen LogP contribution in [0.25, 0.3) is 0 Å². The summed E-state index contributed by atoms with van der Waals surface area (Å²) >= 11 is 0. The lowest BCUT2D eigenvalue weighted by Crippen LogP contribution is -2.76. The van der Waals surface area contributed by atoms with Crippen LogP contribution >= 0.6 is 0 Å². The molecule has 0 aromatic rings. The van der Waals surface area contributed by atoms with Gasteiger partial charge in [-0.1, -0.05) is 60.8 Å². The lowest BCUT2D eigenvalue weighted by atomic mass is 10.6. The van der Waals surface area contributed by atoms with Crippen molar-refractivity contribution in [1.29, 1.82) is 0 Å². The Balaban J connectivity index is 6.13. The number of allylic oxidation sites excluding steroid dienone is 2. The van der Waals surface area contributed by atoms with Gasteiger partial charge in [0.15, 0.2) is 0 Å². The average Bonchev–Trinajstić information content (AvgIpc) is 2.48. The largest absolute Gasteiger partial charge is 0.322 e. The molecule has 0 bridgehead atoms. The van der Waals surface area contributed by atoms with E-state index in [0.717, 1.165) is 39.3 Å². The molecule has 0 saturated carbocycles. The van der Waals surface area contributed by atoms with Gasteiger partial charge in [0.2, 0.25) is 0 Å². The molecule has 0 aliphatic heterocycles. The highest BCUT2D eigenvalue weighted by molar-refractivity contribution is 6.79. The van der Waals surface area contributed by atoms with E-state index in [-0.39, 0.29) is 0 Å². The Hall–Kier alpha value is -0.423. The summed E-state index contributed by atoms with van der Waals surface area (Å²) in [5.74, 6) is 0. The van der Waals surface area contributed by atoms with Gasteiger partial charge in [0, 0.05) is 0 Å². The minimum absolute atomic E-state index is 1.06. The van der Waals surface area contributed by atoms with E-state index >= 15 is 0 Å². The highest BCUT2D eigenvalue weighted by Crippen LogP contribution is 2.27. The number of hydrogen-bond donors (Lipinski definition) is 0. The molecule has 0 aliphatic rings. The third-order valence-electron chi connectivity index (χ3n) is 4.29. The molecule has 0 spiro atoms. The smallest absolute Gasteiger partial charge is 0.296 e. The molecule has 3 nitrogen and oxygen atoms in total. The summed E-state index contributed by atoms with van der Waals surface area (Å²) in [6.45, 7) is 28.3. The van der Waals surface area contributed by atoms with Crippen LogP contribution in [0.1, 0.15) is 41.5 Å². The van der Waals surface area contributed by atoms with Crippen molar-refractivity contribution in [1.82, 2.24) is 13.7 Å². The summed E-state index contributed by atoms with van der Waals surface area (Å²) in [6.07, 6.45) is 1.99. The summed E-state index contributed by atoms with van der Waals surface area (Å²) in [5, 5.41) is 1.22. The van der Waals surface area contributed by atoms with Crippen LogP contribution in [-0.4, -0.2) is 61.5 Å². The standard InChI is InChI=1S/C16H35N3Si/c1-9-16(8)20(17(10-2)11-3,18(12-4)13-5)19(14-6)15-7/h9H,1,8,10-15H2,2-7H3. The van der Waals surface area contributed by atoms with Crippen molar-refractivity contribution < 1.29 is 0 Å². The highest BCUT2D eigenvalue weighted by atomic mass is 28.4. The molecule has 0 unspecified atom stereocenters. The number of nitrogens with zero attached hydrogens (tertiary/aromatic N) is 3. The second kappa shape index (κ2) is 9.50. The second-order valence-electron chi connectivity index (χ2n) is 4.88. The lowest BCUT2D eigenvalue weighted by Gasteiger charge is -2.53. The molecule has 118 valence electrons. The topological polar surface area (TPSA) is 9.72 Å². The molecular weight excluding hydrogens is 262 g/mol. The van der Waals surface area contributed by atoms with Crippen molar-refractivity contribution in [2.75, 3.05) is 39.3 Å². The monoisotopic (exact) mass is 297 g/mol. The van der Waals surface area contributed by atoms with Crippen LogP contribution in [0, 0.1) is 0 Å². The summed E-state index contributed by atoms with van der Waals surface area (Å²) in [5.41, 5.74) is 0. The maximum Gasteiger partial charge on any atom is 0.322 e. The van der Waals surface area contributed by atoms with Gasteiger partial charge < -0.3 is 0 Å². The van der Waals surface area contributed by atoms with E-state index in [0.29, 0.717) is 0 Å². The van der Waals surface area contributed by atoms with Gasteiger partial charge in [0.05, 0.1) is 0 Å². The predicted molar refractivity (Wildman–Crippen MR) is 93.9 cm³/mol. The molecule has 4 heteroatoms. The first-order chi connectivity index (χ1) is 9.54. The van der Waals surface area contributed by atoms with Crippen LogP contribution in [0.3, 0.4) is 0 Å². The third kappa shape index (κ3) is 3.42. The minimum Gasteiger partial charge on any atom is -0.296 e. The van der Waals surface area contributed by atoms with Crippen LogP contribution in [-0.2, 0) is 0 Å². The highest BCUT2D eigenvalue weighted by Gasteiger charge is 2.50. The van der Waals surface area contributed by atoms with Crippen LogP contribution in [0.15, 0.2) is 24.4 Å². The summed E-state index contributed by atoms with van der Waals surface area (Å²) in [6, 6.07) is 0. The fraction of sp³-hybridized carbons (Fsp3) is 0.750. The first-order valence-corrected chi connectivity index (χ1v) is 9.95. The fourth-order valence-corrected chi connectivity index (χ4v) is 8.68. The van der Waals surface area contributed by atoms with Crippen molar-refractivity contribution in [3.8, 4) is 0 Å². The molecule has 0 aromatic carbocycles. The first-order valence-electron chi connectivity index (χ1n) is 8.11. The molecule has 0 N–H and O–H groups in total. The third-order valence-corrected chi connectivity index (χ3v) is 9.90. The first kappa shape index (κ1) is 19.6. The summed E-state index contributed by atoms with van der Waals surface area (Å²) in [7, 11) is -2.10. The Morgan fingerprint density at radius 2 is 1.00 bits per heavy atom. The fourth-order valence-electron chi connectivity index (χ4n) is 3.34. The zero-order chi connectivity index (χ0) is 15.8. The van der Waals surface area contributed by atoms with Crippen LogP contribution in [0.5, 0.6) is 0 Å². The van der Waals surface area contributed by atoms with E-state index in [1.54, 1.807) is 0 Å². The zero-order valence-corrected chi connectivity index (χ0v) is 15.6. The zero-order valence-electron chi connectivity index (χ0n) is 14.6. The van der Waals surface area contributed by atoms with Gasteiger partial charge >= 0.3 is 8.56 Å². The molecule has 0 saturated heterocycles. The summed E-state index contributed by atoms with van der Waals surface area (Å²) in [4.78, 5) is 0. The van der Waals surface area contributed by atoms with Crippen molar-refractivity contribution in [3.05, 3.63) is 24.4 Å². The second-order valence-corrected chi connectivity index (χ2v) is 8.69. The number of rotatable bonds is 11. The number of hydrogen-bond acceptors (Lipinski definition) is 3. The van der Waals surface area contributed by atoms with Gasteiger partial charge in [-0.3, -0.25) is 13.7 Å². The van der Waals surface area contributed by atoms with Gasteiger partial charge in [-0.15, -0.1) is 0 Å². The molecule has 20 heavy (non-hydrogen) atoms. The molecule has 0 rings (SSSR count). The Kier molecular flexibility index (Phi) is 9.30. The van der Waals surface area contributed by atoms with E-state index in [1.165, 1.54) is 5.20 Å². The lowest BCUT2D eigenvalue weighted by molar-refractivity contribution is 0.272. The maximum atomic E-state index is 4.41. The Morgan fingerprint density at radius 3 is 1.15 bits per heavy atom.